The normalized spacial score (nSPS) is 17.8. The maximum absolute atomic E-state index is 13.1. The molecule has 1 aromatic heterocycles. The average Bonchev–Trinajstić information content (AvgIpc) is 3.33. The van der Waals surface area contributed by atoms with Gasteiger partial charge in [0.25, 0.3) is 5.91 Å². The predicted octanol–water partition coefficient (Wildman–Crippen LogP) is 1.63. The van der Waals surface area contributed by atoms with Crippen LogP contribution in [-0.4, -0.2) is 63.0 Å². The molecule has 0 bridgehead atoms. The second kappa shape index (κ2) is 9.11. The molecule has 8 nitrogen and oxygen atoms in total. The fourth-order valence-corrected chi connectivity index (χ4v) is 5.24. The van der Waals surface area contributed by atoms with Gasteiger partial charge in [0.2, 0.25) is 10.0 Å². The van der Waals surface area contributed by atoms with Crippen LogP contribution in [0.25, 0.3) is 0 Å². The van der Waals surface area contributed by atoms with Crippen molar-refractivity contribution in [2.24, 2.45) is 0 Å². The summed E-state index contributed by atoms with van der Waals surface area (Å²) in [5.74, 6) is -0.285. The molecule has 1 amide bonds. The summed E-state index contributed by atoms with van der Waals surface area (Å²) in [6, 6.07) is 8.56. The molecule has 160 valence electrons. The summed E-state index contributed by atoms with van der Waals surface area (Å²) >= 11 is 0. The predicted molar refractivity (Wildman–Crippen MR) is 113 cm³/mol. The van der Waals surface area contributed by atoms with E-state index in [1.54, 1.807) is 24.5 Å². The van der Waals surface area contributed by atoms with Crippen molar-refractivity contribution in [1.29, 1.82) is 0 Å². The first-order valence-electron chi connectivity index (χ1n) is 10.2. The number of ether oxygens (including phenoxy) is 1. The van der Waals surface area contributed by atoms with Crippen molar-refractivity contribution in [1.82, 2.24) is 14.6 Å². The first-order valence-corrected chi connectivity index (χ1v) is 11.6. The lowest BCUT2D eigenvalue weighted by Gasteiger charge is -2.27. The maximum Gasteiger partial charge on any atom is 0.253 e. The lowest BCUT2D eigenvalue weighted by atomic mass is 10.1. The van der Waals surface area contributed by atoms with Crippen LogP contribution in [0.2, 0.25) is 0 Å². The quantitative estimate of drug-likeness (QED) is 0.749. The number of carbonyl (C=O) groups excluding carboxylic acids is 1. The summed E-state index contributed by atoms with van der Waals surface area (Å²) in [4.78, 5) is 19.3. The number of anilines is 1. The van der Waals surface area contributed by atoms with Crippen molar-refractivity contribution in [2.75, 3.05) is 44.3 Å². The van der Waals surface area contributed by atoms with Crippen molar-refractivity contribution >= 4 is 21.6 Å². The highest BCUT2D eigenvalue weighted by molar-refractivity contribution is 7.89. The Kier molecular flexibility index (Phi) is 6.31. The molecule has 0 spiro atoms. The van der Waals surface area contributed by atoms with Gasteiger partial charge in [-0.05, 0) is 48.7 Å². The van der Waals surface area contributed by atoms with E-state index in [0.29, 0.717) is 38.4 Å². The topological polar surface area (TPSA) is 91.8 Å². The number of sulfonamides is 1. The molecular weight excluding hydrogens is 404 g/mol. The van der Waals surface area contributed by atoms with Gasteiger partial charge in [-0.15, -0.1) is 0 Å². The van der Waals surface area contributed by atoms with E-state index >= 15 is 0 Å². The average molecular weight is 431 g/mol. The molecule has 0 radical (unpaired) electrons. The van der Waals surface area contributed by atoms with Gasteiger partial charge in [-0.1, -0.05) is 0 Å². The van der Waals surface area contributed by atoms with Crippen LogP contribution in [0.15, 0.2) is 47.6 Å². The number of rotatable bonds is 6. The Morgan fingerprint density at radius 1 is 1.03 bits per heavy atom. The van der Waals surface area contributed by atoms with Gasteiger partial charge < -0.3 is 15.0 Å². The van der Waals surface area contributed by atoms with Crippen LogP contribution in [-0.2, 0) is 21.3 Å². The molecule has 1 aromatic carbocycles. The van der Waals surface area contributed by atoms with E-state index in [4.69, 9.17) is 4.74 Å². The molecule has 2 aliphatic rings. The zero-order chi connectivity index (χ0) is 21.0. The molecule has 9 heteroatoms. The fraction of sp³-hybridized carbons (Fsp3) is 0.429. The fourth-order valence-electron chi connectivity index (χ4n) is 3.81. The van der Waals surface area contributed by atoms with Crippen LogP contribution in [0.5, 0.6) is 0 Å². The molecule has 30 heavy (non-hydrogen) atoms. The Morgan fingerprint density at radius 2 is 1.73 bits per heavy atom. The Balaban J connectivity index is 1.63. The van der Waals surface area contributed by atoms with Gasteiger partial charge in [0.15, 0.2) is 0 Å². The van der Waals surface area contributed by atoms with Crippen molar-refractivity contribution in [3.05, 3.63) is 53.9 Å². The molecule has 2 fully saturated rings. The number of benzene rings is 1. The van der Waals surface area contributed by atoms with Crippen molar-refractivity contribution < 1.29 is 17.9 Å². The van der Waals surface area contributed by atoms with Crippen molar-refractivity contribution in [3.8, 4) is 0 Å². The van der Waals surface area contributed by atoms with E-state index in [2.05, 4.69) is 15.2 Å². The van der Waals surface area contributed by atoms with Crippen LogP contribution < -0.4 is 10.2 Å². The summed E-state index contributed by atoms with van der Waals surface area (Å²) in [5.41, 5.74) is 2.10. The SMILES string of the molecule is O=C(NCc1ccncc1)c1cc(S(=O)(=O)N2CCOCC2)ccc1N1CCCC1. The minimum Gasteiger partial charge on any atom is -0.379 e. The molecule has 0 unspecified atom stereocenters. The number of hydrogen-bond donors (Lipinski definition) is 1. The highest BCUT2D eigenvalue weighted by atomic mass is 32.2. The minimum atomic E-state index is -3.68. The van der Waals surface area contributed by atoms with Gasteiger partial charge in [-0.3, -0.25) is 9.78 Å². The lowest BCUT2D eigenvalue weighted by Crippen LogP contribution is -2.40. The van der Waals surface area contributed by atoms with Gasteiger partial charge in [-0.25, -0.2) is 8.42 Å². The third-order valence-electron chi connectivity index (χ3n) is 5.47. The van der Waals surface area contributed by atoms with E-state index in [1.165, 1.54) is 10.4 Å². The molecule has 2 aromatic rings. The summed E-state index contributed by atoms with van der Waals surface area (Å²) in [5, 5.41) is 2.92. The van der Waals surface area contributed by atoms with Crippen LogP contribution in [0.3, 0.4) is 0 Å². The molecule has 0 saturated carbocycles. The monoisotopic (exact) mass is 430 g/mol. The van der Waals surface area contributed by atoms with Crippen molar-refractivity contribution in [3.63, 3.8) is 0 Å². The first-order chi connectivity index (χ1) is 14.6. The van der Waals surface area contributed by atoms with Crippen LogP contribution >= 0.6 is 0 Å². The highest BCUT2D eigenvalue weighted by Crippen LogP contribution is 2.29. The van der Waals surface area contributed by atoms with Crippen molar-refractivity contribution in [2.45, 2.75) is 24.3 Å². The second-order valence-electron chi connectivity index (χ2n) is 7.43. The number of amides is 1. The Labute approximate surface area is 176 Å². The first kappa shape index (κ1) is 20.8. The van der Waals surface area contributed by atoms with E-state index in [9.17, 15) is 13.2 Å². The van der Waals surface area contributed by atoms with Gasteiger partial charge >= 0.3 is 0 Å². The number of nitrogens with zero attached hydrogens (tertiary/aromatic N) is 3. The smallest absolute Gasteiger partial charge is 0.253 e. The standard InChI is InChI=1S/C21H26N4O4S/c26-21(23-16-17-5-7-22-8-6-17)19-15-18(3-4-20(19)24-9-1-2-10-24)30(27,28)25-11-13-29-14-12-25/h3-8,15H,1-2,9-14,16H2,(H,23,26). The van der Waals surface area contributed by atoms with E-state index in [0.717, 1.165) is 37.2 Å². The number of morpholine rings is 1. The zero-order valence-electron chi connectivity index (χ0n) is 16.8. The number of carbonyl (C=O) groups is 1. The Bertz CT molecular complexity index is 985. The van der Waals surface area contributed by atoms with Gasteiger partial charge in [-0.2, -0.15) is 4.31 Å². The summed E-state index contributed by atoms with van der Waals surface area (Å²) < 4.78 is 32.9. The molecular formula is C21H26N4O4S. The summed E-state index contributed by atoms with van der Waals surface area (Å²) in [6.45, 7) is 3.47. The summed E-state index contributed by atoms with van der Waals surface area (Å²) in [7, 11) is -3.68. The number of aromatic nitrogens is 1. The van der Waals surface area contributed by atoms with E-state index in [-0.39, 0.29) is 10.8 Å². The third-order valence-corrected chi connectivity index (χ3v) is 7.36. The van der Waals surface area contributed by atoms with Gasteiger partial charge in [0, 0.05) is 50.8 Å². The van der Waals surface area contributed by atoms with Gasteiger partial charge in [0.05, 0.1) is 23.7 Å². The molecule has 1 N–H and O–H groups in total. The van der Waals surface area contributed by atoms with Gasteiger partial charge in [0.1, 0.15) is 0 Å². The zero-order valence-corrected chi connectivity index (χ0v) is 17.6. The largest absolute Gasteiger partial charge is 0.379 e. The Hall–Kier alpha value is -2.49. The minimum absolute atomic E-state index is 0.140. The Morgan fingerprint density at radius 3 is 2.43 bits per heavy atom. The molecule has 0 atom stereocenters. The molecule has 0 aliphatic carbocycles. The number of pyridine rings is 1. The molecule has 2 aliphatic heterocycles. The lowest BCUT2D eigenvalue weighted by molar-refractivity contribution is 0.0730. The second-order valence-corrected chi connectivity index (χ2v) is 9.37. The van der Waals surface area contributed by atoms with Crippen LogP contribution in [0.1, 0.15) is 28.8 Å². The van der Waals surface area contributed by atoms with Crippen LogP contribution in [0, 0.1) is 0 Å². The maximum atomic E-state index is 13.1. The highest BCUT2D eigenvalue weighted by Gasteiger charge is 2.29. The summed E-state index contributed by atoms with van der Waals surface area (Å²) in [6.07, 6.45) is 5.47. The third kappa shape index (κ3) is 4.48. The van der Waals surface area contributed by atoms with E-state index < -0.39 is 10.0 Å². The number of hydrogen-bond acceptors (Lipinski definition) is 6. The van der Waals surface area contributed by atoms with Crippen LogP contribution in [0.4, 0.5) is 5.69 Å². The molecule has 3 heterocycles. The molecule has 4 rings (SSSR count). The molecule has 2 saturated heterocycles. The van der Waals surface area contributed by atoms with E-state index in [1.807, 2.05) is 12.1 Å². The number of nitrogens with one attached hydrogen (secondary N) is 1.